The van der Waals surface area contributed by atoms with Crippen molar-refractivity contribution in [3.63, 3.8) is 0 Å². The van der Waals surface area contributed by atoms with Gasteiger partial charge in [0, 0.05) is 47.0 Å². The Morgan fingerprint density at radius 3 is 2.45 bits per heavy atom. The summed E-state index contributed by atoms with van der Waals surface area (Å²) in [6, 6.07) is 1.54. The molecular weight excluding hydrogens is 564 g/mol. The Morgan fingerprint density at radius 1 is 1.18 bits per heavy atom. The Hall–Kier alpha value is -2.66. The fourth-order valence-corrected chi connectivity index (χ4v) is 6.92. The number of nitrogens with zero attached hydrogens (tertiary/aromatic N) is 2. The van der Waals surface area contributed by atoms with Crippen molar-refractivity contribution in [2.24, 2.45) is 22.7 Å². The smallest absolute Gasteiger partial charge is 0.282 e. The highest BCUT2D eigenvalue weighted by molar-refractivity contribution is 8.02. The largest absolute Gasteiger partial charge is 0.448 e. The maximum atomic E-state index is 13.2. The van der Waals surface area contributed by atoms with Crippen molar-refractivity contribution in [3.8, 4) is 11.5 Å². The molecule has 1 saturated carbocycles. The Labute approximate surface area is 240 Å². The molecule has 8 nitrogen and oxygen atoms in total. The summed E-state index contributed by atoms with van der Waals surface area (Å²) >= 11 is 8.01. The van der Waals surface area contributed by atoms with Gasteiger partial charge in [0.2, 0.25) is 5.91 Å². The van der Waals surface area contributed by atoms with Crippen molar-refractivity contribution in [1.82, 2.24) is 10.2 Å². The number of nitrogens with one attached hydrogen (secondary N) is 1. The number of ether oxygens (including phenoxy) is 2. The third-order valence-electron chi connectivity index (χ3n) is 8.25. The zero-order chi connectivity index (χ0) is 29.0. The van der Waals surface area contributed by atoms with E-state index in [1.54, 1.807) is 13.8 Å². The molecule has 1 aliphatic carbocycles. The van der Waals surface area contributed by atoms with Crippen LogP contribution in [0.1, 0.15) is 55.5 Å². The molecule has 3 aliphatic heterocycles. The quantitative estimate of drug-likeness (QED) is 0.496. The van der Waals surface area contributed by atoms with Crippen LogP contribution in [0.3, 0.4) is 0 Å². The second kappa shape index (κ2) is 10.6. The van der Waals surface area contributed by atoms with Crippen LogP contribution >= 0.6 is 23.4 Å². The van der Waals surface area contributed by atoms with E-state index >= 15 is 0 Å². The topological polar surface area (TPSA) is 97.3 Å². The summed E-state index contributed by atoms with van der Waals surface area (Å²) in [5.74, 6) is -4.87. The molecule has 3 amide bonds. The number of likely N-dealkylation sites (tertiary alicyclic amines) is 1. The number of aliphatic imine (C=N–C) groups is 1. The van der Waals surface area contributed by atoms with Gasteiger partial charge in [-0.15, -0.1) is 11.8 Å². The minimum atomic E-state index is -2.78. The number of carbonyl (C=O) groups is 3. The van der Waals surface area contributed by atoms with E-state index in [-0.39, 0.29) is 35.2 Å². The van der Waals surface area contributed by atoms with Gasteiger partial charge in [-0.05, 0) is 57.9 Å². The van der Waals surface area contributed by atoms with E-state index in [9.17, 15) is 23.2 Å². The van der Waals surface area contributed by atoms with Crippen molar-refractivity contribution in [2.75, 3.05) is 25.9 Å². The number of allylic oxidation sites excluding steroid dienone is 1. The molecule has 216 valence electrons. The van der Waals surface area contributed by atoms with Gasteiger partial charge in [-0.1, -0.05) is 11.6 Å². The first-order chi connectivity index (χ1) is 18.8. The fraction of sp³-hybridized carbons (Fsp3) is 0.571. The molecule has 2 fully saturated rings. The summed E-state index contributed by atoms with van der Waals surface area (Å²) in [7, 11) is 0. The van der Waals surface area contributed by atoms with Gasteiger partial charge in [-0.3, -0.25) is 14.4 Å². The molecule has 40 heavy (non-hydrogen) atoms. The molecule has 0 aromatic heterocycles. The van der Waals surface area contributed by atoms with Crippen molar-refractivity contribution < 1.29 is 32.6 Å². The minimum Gasteiger partial charge on any atom is -0.448 e. The van der Waals surface area contributed by atoms with Crippen molar-refractivity contribution >= 4 is 46.8 Å². The van der Waals surface area contributed by atoms with E-state index in [1.807, 2.05) is 19.3 Å². The average molecular weight is 596 g/mol. The van der Waals surface area contributed by atoms with Gasteiger partial charge in [0.15, 0.2) is 11.5 Å². The summed E-state index contributed by atoms with van der Waals surface area (Å²) in [5, 5.41) is 3.07. The molecule has 0 radical (unpaired) electrons. The van der Waals surface area contributed by atoms with Crippen molar-refractivity contribution in [3.05, 3.63) is 33.2 Å². The van der Waals surface area contributed by atoms with Crippen LogP contribution < -0.4 is 14.8 Å². The van der Waals surface area contributed by atoms with Gasteiger partial charge in [0.25, 0.3) is 23.5 Å². The van der Waals surface area contributed by atoms with Crippen molar-refractivity contribution in [2.45, 2.75) is 58.2 Å². The molecule has 1 aromatic carbocycles. The standard InChI is InChI=1S/C28H32ClF2N3O5S/c1-14-9-21(40-4)19(25(36)33-14)11-32-24(35)18-10-20(29)23-22(15(18)2)38-27(3,39-23)17-7-5-16(6-8-17)26(37)34-12-28(30,31)13-34/h9-10,16-17,19H,5-8,11-13H2,1-4H3,(H,32,35). The van der Waals surface area contributed by atoms with E-state index in [2.05, 4.69) is 10.3 Å². The van der Waals surface area contributed by atoms with Crippen LogP contribution in [0.4, 0.5) is 8.78 Å². The Kier molecular flexibility index (Phi) is 7.67. The number of carbonyl (C=O) groups excluding carboxylic acids is 3. The van der Waals surface area contributed by atoms with Gasteiger partial charge >= 0.3 is 0 Å². The van der Waals surface area contributed by atoms with E-state index in [0.29, 0.717) is 54.0 Å². The molecule has 12 heteroatoms. The fourth-order valence-electron chi connectivity index (χ4n) is 5.93. The first-order valence-corrected chi connectivity index (χ1v) is 14.9. The molecule has 4 aliphatic rings. The number of rotatable bonds is 6. The van der Waals surface area contributed by atoms with Crippen molar-refractivity contribution in [1.29, 1.82) is 0 Å². The van der Waals surface area contributed by atoms with Crippen LogP contribution in [-0.2, 0) is 9.59 Å². The minimum absolute atomic E-state index is 0.0624. The number of halogens is 3. The molecule has 3 heterocycles. The first-order valence-electron chi connectivity index (χ1n) is 13.3. The highest BCUT2D eigenvalue weighted by Crippen LogP contribution is 2.52. The Morgan fingerprint density at radius 2 is 1.82 bits per heavy atom. The predicted molar refractivity (Wildman–Crippen MR) is 148 cm³/mol. The molecule has 2 atom stereocenters. The number of hydrogen-bond donors (Lipinski definition) is 1. The van der Waals surface area contributed by atoms with Gasteiger partial charge in [0.1, 0.15) is 0 Å². The van der Waals surface area contributed by atoms with Gasteiger partial charge in [0.05, 0.1) is 24.0 Å². The monoisotopic (exact) mass is 595 g/mol. The number of alkyl halides is 2. The number of dihydropyridines is 1. The molecule has 0 spiro atoms. The van der Waals surface area contributed by atoms with Crippen LogP contribution in [0.5, 0.6) is 11.5 Å². The zero-order valence-electron chi connectivity index (χ0n) is 22.8. The van der Waals surface area contributed by atoms with Crippen LogP contribution in [0.2, 0.25) is 5.02 Å². The molecule has 2 unspecified atom stereocenters. The highest BCUT2D eigenvalue weighted by Gasteiger charge is 2.51. The summed E-state index contributed by atoms with van der Waals surface area (Å²) in [5.41, 5.74) is 1.52. The average Bonchev–Trinajstić information content (AvgIpc) is 3.27. The highest BCUT2D eigenvalue weighted by atomic mass is 35.5. The maximum Gasteiger partial charge on any atom is 0.282 e. The first kappa shape index (κ1) is 28.9. The van der Waals surface area contributed by atoms with Crippen LogP contribution in [0, 0.1) is 24.7 Å². The molecule has 0 bridgehead atoms. The molecule has 1 aromatic rings. The van der Waals surface area contributed by atoms with Crippen LogP contribution in [-0.4, -0.2) is 65.9 Å². The van der Waals surface area contributed by atoms with Crippen LogP contribution in [0.25, 0.3) is 0 Å². The van der Waals surface area contributed by atoms with E-state index in [4.69, 9.17) is 21.1 Å². The summed E-state index contributed by atoms with van der Waals surface area (Å²) < 4.78 is 39.0. The molecule has 5 rings (SSSR count). The summed E-state index contributed by atoms with van der Waals surface area (Å²) in [6.45, 7) is 4.43. The molecule has 1 N–H and O–H groups in total. The second-order valence-electron chi connectivity index (χ2n) is 11.1. The number of amides is 3. The lowest BCUT2D eigenvalue weighted by Gasteiger charge is -2.42. The van der Waals surface area contributed by atoms with E-state index in [0.717, 1.165) is 4.91 Å². The Balaban J connectivity index is 1.24. The molecule has 1 saturated heterocycles. The number of benzene rings is 1. The second-order valence-corrected chi connectivity index (χ2v) is 12.4. The third kappa shape index (κ3) is 5.34. The zero-order valence-corrected chi connectivity index (χ0v) is 24.4. The predicted octanol–water partition coefficient (Wildman–Crippen LogP) is 5.01. The van der Waals surface area contributed by atoms with Gasteiger partial charge < -0.3 is 19.7 Å². The summed E-state index contributed by atoms with van der Waals surface area (Å²) in [4.78, 5) is 44.3. The van der Waals surface area contributed by atoms with E-state index < -0.39 is 36.6 Å². The SMILES string of the molecule is CSC1=CC(C)=NC(=O)C1CNC(=O)c1cc(Cl)c2c(c1C)OC(C)(C1CCC(C(=O)N3CC(F)(F)C3)CC1)O2. The normalized spacial score (nSPS) is 28.9. The number of hydrogen-bond acceptors (Lipinski definition) is 6. The number of fused-ring (bicyclic) bond motifs is 1. The van der Waals surface area contributed by atoms with Crippen LogP contribution in [0.15, 0.2) is 22.0 Å². The van der Waals surface area contributed by atoms with Gasteiger partial charge in [-0.2, -0.15) is 0 Å². The molecular formula is C28H32ClF2N3O5S. The van der Waals surface area contributed by atoms with E-state index in [1.165, 1.54) is 22.7 Å². The maximum absolute atomic E-state index is 13.2. The lowest BCUT2D eigenvalue weighted by Crippen LogP contribution is -2.60. The lowest BCUT2D eigenvalue weighted by atomic mass is 9.77. The van der Waals surface area contributed by atoms with Gasteiger partial charge in [-0.25, -0.2) is 13.8 Å². The number of thioether (sulfide) groups is 1. The summed E-state index contributed by atoms with van der Waals surface area (Å²) in [6.07, 6.45) is 6.08. The third-order valence-corrected chi connectivity index (χ3v) is 9.40. The Bertz CT molecular complexity index is 1320. The lowest BCUT2D eigenvalue weighted by molar-refractivity contribution is -0.172.